The minimum absolute atomic E-state index is 0.198. The van der Waals surface area contributed by atoms with Gasteiger partial charge in [-0.2, -0.15) is 5.10 Å². The summed E-state index contributed by atoms with van der Waals surface area (Å²) in [7, 11) is 3.14. The predicted molar refractivity (Wildman–Crippen MR) is 97.7 cm³/mol. The topological polar surface area (TPSA) is 59.9 Å². The third kappa shape index (κ3) is 4.83. The lowest BCUT2D eigenvalue weighted by Crippen LogP contribution is -2.21. The molecule has 126 valence electrons. The van der Waals surface area contributed by atoms with Crippen LogP contribution in [0.3, 0.4) is 0 Å². The van der Waals surface area contributed by atoms with E-state index < -0.39 is 0 Å². The Morgan fingerprint density at radius 3 is 2.54 bits per heavy atom. The highest BCUT2D eigenvalue weighted by atomic mass is 79.9. The summed E-state index contributed by atoms with van der Waals surface area (Å²) in [4.78, 5) is 12.1. The van der Waals surface area contributed by atoms with Gasteiger partial charge >= 0.3 is 0 Å². The summed E-state index contributed by atoms with van der Waals surface area (Å²) in [5.74, 6) is 1.03. The van der Waals surface area contributed by atoms with Crippen molar-refractivity contribution in [2.24, 2.45) is 5.10 Å². The van der Waals surface area contributed by atoms with Crippen molar-refractivity contribution in [1.29, 1.82) is 0 Å². The summed E-state index contributed by atoms with van der Waals surface area (Å²) in [6, 6.07) is 13.1. The molecule has 0 atom stereocenters. The zero-order valence-corrected chi connectivity index (χ0v) is 15.4. The van der Waals surface area contributed by atoms with Gasteiger partial charge in [-0.15, -0.1) is 0 Å². The van der Waals surface area contributed by atoms with Crippen LogP contribution in [0.1, 0.15) is 18.1 Å². The first-order valence-electron chi connectivity index (χ1n) is 7.33. The molecule has 2 aromatic carbocycles. The molecule has 0 aliphatic rings. The summed E-state index contributed by atoms with van der Waals surface area (Å²) in [6.07, 6.45) is 0.204. The number of halogens is 1. The summed E-state index contributed by atoms with van der Waals surface area (Å²) >= 11 is 3.42. The normalized spacial score (nSPS) is 11.1. The third-order valence-electron chi connectivity index (χ3n) is 3.40. The number of carbonyl (C=O) groups excluding carboxylic acids is 1. The standard InChI is InChI=1S/C18H19BrN2O3/c1-12(14-5-4-6-15(19)11-14)20-21-18(22)10-13-7-8-16(23-2)17(9-13)24-3/h4-9,11H,10H2,1-3H3,(H,21,22)/b20-12-. The number of carbonyl (C=O) groups is 1. The van der Waals surface area contributed by atoms with E-state index in [1.165, 1.54) is 0 Å². The maximum atomic E-state index is 12.1. The van der Waals surface area contributed by atoms with E-state index in [0.29, 0.717) is 11.5 Å². The number of nitrogens with zero attached hydrogens (tertiary/aromatic N) is 1. The van der Waals surface area contributed by atoms with Gasteiger partial charge in [0.2, 0.25) is 5.91 Å². The fourth-order valence-electron chi connectivity index (χ4n) is 2.14. The highest BCUT2D eigenvalue weighted by Crippen LogP contribution is 2.27. The molecule has 0 aromatic heterocycles. The van der Waals surface area contributed by atoms with E-state index in [0.717, 1.165) is 21.3 Å². The molecule has 2 aromatic rings. The van der Waals surface area contributed by atoms with Crippen LogP contribution in [0, 0.1) is 0 Å². The number of hydrazone groups is 1. The molecule has 0 bridgehead atoms. The smallest absolute Gasteiger partial charge is 0.244 e. The number of hydrogen-bond acceptors (Lipinski definition) is 4. The van der Waals surface area contributed by atoms with Gasteiger partial charge in [-0.25, -0.2) is 5.43 Å². The van der Waals surface area contributed by atoms with Gasteiger partial charge < -0.3 is 9.47 Å². The first-order valence-corrected chi connectivity index (χ1v) is 8.12. The fourth-order valence-corrected chi connectivity index (χ4v) is 2.54. The van der Waals surface area contributed by atoms with E-state index >= 15 is 0 Å². The second-order valence-corrected chi connectivity index (χ2v) is 6.02. The molecule has 0 radical (unpaired) electrons. The van der Waals surface area contributed by atoms with Gasteiger partial charge in [0.15, 0.2) is 11.5 Å². The number of hydrogen-bond donors (Lipinski definition) is 1. The Morgan fingerprint density at radius 2 is 1.88 bits per heavy atom. The molecule has 0 fully saturated rings. The Labute approximate surface area is 149 Å². The molecular weight excluding hydrogens is 372 g/mol. The second-order valence-electron chi connectivity index (χ2n) is 5.11. The lowest BCUT2D eigenvalue weighted by Gasteiger charge is -2.09. The lowest BCUT2D eigenvalue weighted by atomic mass is 10.1. The summed E-state index contributed by atoms with van der Waals surface area (Å²) in [6.45, 7) is 1.85. The van der Waals surface area contributed by atoms with Crippen LogP contribution in [0.2, 0.25) is 0 Å². The Hall–Kier alpha value is -2.34. The van der Waals surface area contributed by atoms with Crippen molar-refractivity contribution in [2.45, 2.75) is 13.3 Å². The van der Waals surface area contributed by atoms with Crippen molar-refractivity contribution < 1.29 is 14.3 Å². The fraction of sp³-hybridized carbons (Fsp3) is 0.222. The van der Waals surface area contributed by atoms with E-state index in [9.17, 15) is 4.79 Å². The van der Waals surface area contributed by atoms with Crippen LogP contribution in [-0.4, -0.2) is 25.8 Å². The molecule has 24 heavy (non-hydrogen) atoms. The first-order chi connectivity index (χ1) is 11.5. The van der Waals surface area contributed by atoms with Crippen molar-refractivity contribution in [3.05, 3.63) is 58.1 Å². The molecule has 6 heteroatoms. The van der Waals surface area contributed by atoms with Crippen molar-refractivity contribution in [3.63, 3.8) is 0 Å². The van der Waals surface area contributed by atoms with Gasteiger partial charge in [0.05, 0.1) is 26.4 Å². The molecule has 2 rings (SSSR count). The molecule has 0 spiro atoms. The van der Waals surface area contributed by atoms with Gasteiger partial charge in [0, 0.05) is 4.47 Å². The Morgan fingerprint density at radius 1 is 1.12 bits per heavy atom. The molecular formula is C18H19BrN2O3. The summed E-state index contributed by atoms with van der Waals surface area (Å²) < 4.78 is 11.4. The van der Waals surface area contributed by atoms with Crippen LogP contribution >= 0.6 is 15.9 Å². The van der Waals surface area contributed by atoms with Crippen LogP contribution < -0.4 is 14.9 Å². The monoisotopic (exact) mass is 390 g/mol. The number of nitrogens with one attached hydrogen (secondary N) is 1. The Kier molecular flexibility index (Phi) is 6.37. The first kappa shape index (κ1) is 18.0. The lowest BCUT2D eigenvalue weighted by molar-refractivity contribution is -0.120. The summed E-state index contributed by atoms with van der Waals surface area (Å²) in [5, 5.41) is 4.15. The van der Waals surface area contributed by atoms with Crippen LogP contribution in [-0.2, 0) is 11.2 Å². The molecule has 1 N–H and O–H groups in total. The van der Waals surface area contributed by atoms with Gasteiger partial charge in [-0.1, -0.05) is 34.1 Å². The largest absolute Gasteiger partial charge is 0.493 e. The van der Waals surface area contributed by atoms with Crippen molar-refractivity contribution >= 4 is 27.5 Å². The maximum absolute atomic E-state index is 12.1. The number of benzene rings is 2. The number of rotatable bonds is 6. The van der Waals surface area contributed by atoms with Crippen molar-refractivity contribution in [3.8, 4) is 11.5 Å². The van der Waals surface area contributed by atoms with E-state index in [2.05, 4.69) is 26.5 Å². The predicted octanol–water partition coefficient (Wildman–Crippen LogP) is 3.55. The maximum Gasteiger partial charge on any atom is 0.244 e. The van der Waals surface area contributed by atoms with Crippen molar-refractivity contribution in [1.82, 2.24) is 5.43 Å². The third-order valence-corrected chi connectivity index (χ3v) is 3.90. The Bertz CT molecular complexity index is 760. The van der Waals surface area contributed by atoms with Crippen LogP contribution in [0.4, 0.5) is 0 Å². The number of methoxy groups -OCH3 is 2. The minimum Gasteiger partial charge on any atom is -0.493 e. The summed E-state index contributed by atoms with van der Waals surface area (Å²) in [5.41, 5.74) is 5.07. The molecule has 0 heterocycles. The molecule has 0 saturated carbocycles. The van der Waals surface area contributed by atoms with Crippen molar-refractivity contribution in [2.75, 3.05) is 14.2 Å². The molecule has 0 aliphatic carbocycles. The van der Waals surface area contributed by atoms with Gasteiger partial charge in [-0.3, -0.25) is 4.79 Å². The van der Waals surface area contributed by atoms with Crippen LogP contribution in [0.5, 0.6) is 11.5 Å². The zero-order chi connectivity index (χ0) is 17.5. The molecule has 1 amide bonds. The van der Waals surface area contributed by atoms with E-state index in [-0.39, 0.29) is 12.3 Å². The number of amides is 1. The molecule has 0 saturated heterocycles. The van der Waals surface area contributed by atoms with Crippen LogP contribution in [0.15, 0.2) is 52.0 Å². The van der Waals surface area contributed by atoms with E-state index in [1.54, 1.807) is 26.4 Å². The average molecular weight is 391 g/mol. The molecule has 0 aliphatic heterocycles. The minimum atomic E-state index is -0.198. The van der Waals surface area contributed by atoms with Gasteiger partial charge in [0.25, 0.3) is 0 Å². The average Bonchev–Trinajstić information content (AvgIpc) is 2.59. The SMILES string of the molecule is COc1ccc(CC(=O)N/N=C(/C)c2cccc(Br)c2)cc1OC. The van der Waals surface area contributed by atoms with Gasteiger partial charge in [0.1, 0.15) is 0 Å². The molecule has 5 nitrogen and oxygen atoms in total. The quantitative estimate of drug-likeness (QED) is 0.605. The zero-order valence-electron chi connectivity index (χ0n) is 13.8. The van der Waals surface area contributed by atoms with E-state index in [4.69, 9.17) is 9.47 Å². The van der Waals surface area contributed by atoms with E-state index in [1.807, 2.05) is 37.3 Å². The highest BCUT2D eigenvalue weighted by Gasteiger charge is 2.08. The Balaban J connectivity index is 2.02. The van der Waals surface area contributed by atoms with Gasteiger partial charge in [-0.05, 0) is 42.3 Å². The van der Waals surface area contributed by atoms with Crippen LogP contribution in [0.25, 0.3) is 0 Å². The number of ether oxygens (including phenoxy) is 2. The second kappa shape index (κ2) is 8.49. The molecule has 0 unspecified atom stereocenters. The highest BCUT2D eigenvalue weighted by molar-refractivity contribution is 9.10.